The third-order valence-corrected chi connectivity index (χ3v) is 4.81. The number of aliphatic hydroxyl groups excluding tert-OH is 1. The van der Waals surface area contributed by atoms with Gasteiger partial charge in [-0.2, -0.15) is 0 Å². The number of phosphoric ester groups is 1. The number of hydrogen-bond donors (Lipinski definition) is 5. The maximum Gasteiger partial charge on any atom is 0.469 e. The lowest BCUT2D eigenvalue weighted by molar-refractivity contribution is -0.0785. The van der Waals surface area contributed by atoms with E-state index in [2.05, 4.69) is 9.52 Å². The normalized spacial score (nSPS) is 27.0. The largest absolute Gasteiger partial charge is 0.469 e. The molecule has 158 valence electrons. The average molecular weight is 428 g/mol. The Morgan fingerprint density at radius 1 is 1.34 bits per heavy atom. The first-order valence-corrected chi connectivity index (χ1v) is 10.0. The number of phosphoric acid groups is 1. The van der Waals surface area contributed by atoms with Crippen molar-refractivity contribution >= 4 is 25.3 Å². The molecule has 7 N–H and O–H groups in total. The second-order valence-electron chi connectivity index (χ2n) is 6.35. The fourth-order valence-electron chi connectivity index (χ4n) is 2.91. The molecule has 3 rings (SSSR count). The van der Waals surface area contributed by atoms with Gasteiger partial charge < -0.3 is 40.7 Å². The van der Waals surface area contributed by atoms with E-state index in [1.807, 2.05) is 0 Å². The van der Waals surface area contributed by atoms with Crippen molar-refractivity contribution in [2.75, 3.05) is 19.0 Å². The van der Waals surface area contributed by atoms with Crippen molar-refractivity contribution in [3.05, 3.63) is 42.1 Å². The molecule has 0 bridgehead atoms. The van der Waals surface area contributed by atoms with Crippen LogP contribution >= 0.6 is 7.82 Å². The van der Waals surface area contributed by atoms with Gasteiger partial charge in [0.15, 0.2) is 12.3 Å². The smallest absolute Gasteiger partial charge is 0.453 e. The van der Waals surface area contributed by atoms with E-state index in [0.29, 0.717) is 0 Å². The zero-order valence-electron chi connectivity index (χ0n) is 15.1. The second-order valence-corrected chi connectivity index (χ2v) is 7.59. The van der Waals surface area contributed by atoms with Crippen LogP contribution in [0.5, 0.6) is 0 Å². The van der Waals surface area contributed by atoms with E-state index in [4.69, 9.17) is 30.7 Å². The fourth-order valence-corrected chi connectivity index (χ4v) is 3.26. The summed E-state index contributed by atoms with van der Waals surface area (Å²) >= 11 is 0. The third-order valence-electron chi connectivity index (χ3n) is 4.32. The molecule has 0 amide bonds. The fraction of sp³-hybridized carbons (Fsp3) is 0.375. The van der Waals surface area contributed by atoms with Crippen LogP contribution in [0.3, 0.4) is 0 Å². The maximum atomic E-state index is 12.5. The lowest BCUT2D eigenvalue weighted by Gasteiger charge is -2.29. The lowest BCUT2D eigenvalue weighted by Crippen LogP contribution is -2.44. The number of aliphatic imine (C=N–C) groups is 1. The molecule has 2 aliphatic rings. The Balaban J connectivity index is 1.78. The summed E-state index contributed by atoms with van der Waals surface area (Å²) in [5.74, 6) is -0.535. The number of ether oxygens (including phenoxy) is 2. The molecule has 4 atom stereocenters. The van der Waals surface area contributed by atoms with Gasteiger partial charge in [0.25, 0.3) is 0 Å². The number of nitrogen functional groups attached to an aromatic ring is 1. The number of nitrogens with two attached hydrogens (primary N) is 2. The number of anilines is 1. The van der Waals surface area contributed by atoms with Crippen LogP contribution in [0, 0.1) is 0 Å². The van der Waals surface area contributed by atoms with Gasteiger partial charge in [-0.3, -0.25) is 4.52 Å². The Labute approximate surface area is 165 Å². The molecule has 1 saturated heterocycles. The van der Waals surface area contributed by atoms with E-state index < -0.39 is 44.9 Å². The molecule has 2 heterocycles. The molecular formula is C16H21N4O8P. The number of benzene rings is 1. The van der Waals surface area contributed by atoms with Gasteiger partial charge in [-0.05, 0) is 18.2 Å². The van der Waals surface area contributed by atoms with Crippen molar-refractivity contribution in [2.24, 2.45) is 10.7 Å². The number of hydrogen-bond acceptors (Lipinski definition) is 10. The third kappa shape index (κ3) is 5.12. The Kier molecular flexibility index (Phi) is 6.22. The number of carbonyl (C=O) groups excluding carboxylic acids is 1. The van der Waals surface area contributed by atoms with Crippen LogP contribution in [-0.2, 0) is 18.6 Å². The van der Waals surface area contributed by atoms with Crippen LogP contribution in [-0.4, -0.2) is 69.4 Å². The van der Waals surface area contributed by atoms with Gasteiger partial charge >= 0.3 is 13.8 Å². The molecule has 2 aliphatic heterocycles. The van der Waals surface area contributed by atoms with Crippen LogP contribution in [0.1, 0.15) is 10.4 Å². The number of amidine groups is 1. The SMILES string of the molecule is NC1=NCN([C@@H]2O[C@H](COP(=O)(O)O)[C@@H](OC(=O)c3ccccc3N)[C@H]2O)C=C1. The summed E-state index contributed by atoms with van der Waals surface area (Å²) in [4.78, 5) is 35.9. The Hall–Kier alpha value is -2.47. The molecule has 0 spiro atoms. The zero-order chi connectivity index (χ0) is 21.2. The molecule has 12 nitrogen and oxygen atoms in total. The van der Waals surface area contributed by atoms with Crippen LogP contribution in [0.4, 0.5) is 5.69 Å². The highest BCUT2D eigenvalue weighted by Gasteiger charge is 2.49. The first-order chi connectivity index (χ1) is 13.7. The van der Waals surface area contributed by atoms with E-state index in [1.165, 1.54) is 29.3 Å². The van der Waals surface area contributed by atoms with Gasteiger partial charge in [0.2, 0.25) is 0 Å². The van der Waals surface area contributed by atoms with Crippen molar-refractivity contribution < 1.29 is 38.3 Å². The highest BCUT2D eigenvalue weighted by molar-refractivity contribution is 7.46. The van der Waals surface area contributed by atoms with Crippen LogP contribution in [0.2, 0.25) is 0 Å². The minimum Gasteiger partial charge on any atom is -0.453 e. The quantitative estimate of drug-likeness (QED) is 0.215. The highest BCUT2D eigenvalue weighted by Crippen LogP contribution is 2.38. The molecule has 1 aromatic rings. The minimum absolute atomic E-state index is 0.0719. The topological polar surface area (TPSA) is 190 Å². The van der Waals surface area contributed by atoms with Gasteiger partial charge in [-0.15, -0.1) is 0 Å². The summed E-state index contributed by atoms with van der Waals surface area (Å²) in [6, 6.07) is 6.19. The zero-order valence-corrected chi connectivity index (χ0v) is 16.0. The number of para-hydroxylation sites is 1. The molecule has 0 aromatic heterocycles. The first-order valence-electron chi connectivity index (χ1n) is 8.48. The van der Waals surface area contributed by atoms with Gasteiger partial charge in [0, 0.05) is 11.9 Å². The Bertz CT molecular complexity index is 872. The molecule has 1 fully saturated rings. The average Bonchev–Trinajstić information content (AvgIpc) is 2.96. The van der Waals surface area contributed by atoms with E-state index in [1.54, 1.807) is 12.1 Å². The van der Waals surface area contributed by atoms with Crippen molar-refractivity contribution in [1.82, 2.24) is 4.90 Å². The number of aliphatic hydroxyl groups is 1. The van der Waals surface area contributed by atoms with Gasteiger partial charge in [-0.25, -0.2) is 14.4 Å². The van der Waals surface area contributed by atoms with Crippen molar-refractivity contribution in [3.8, 4) is 0 Å². The van der Waals surface area contributed by atoms with Crippen LogP contribution in [0.25, 0.3) is 0 Å². The Morgan fingerprint density at radius 3 is 2.69 bits per heavy atom. The summed E-state index contributed by atoms with van der Waals surface area (Å²) in [6.45, 7) is -0.550. The molecule has 0 aliphatic carbocycles. The number of rotatable bonds is 6. The molecule has 0 radical (unpaired) electrons. The number of nitrogens with zero attached hydrogens (tertiary/aromatic N) is 2. The Morgan fingerprint density at radius 2 is 2.07 bits per heavy atom. The van der Waals surface area contributed by atoms with Crippen molar-refractivity contribution in [1.29, 1.82) is 0 Å². The van der Waals surface area contributed by atoms with Gasteiger partial charge in [0.1, 0.15) is 24.7 Å². The highest BCUT2D eigenvalue weighted by atomic mass is 31.2. The summed E-state index contributed by atoms with van der Waals surface area (Å²) < 4.78 is 26.6. The van der Waals surface area contributed by atoms with Gasteiger partial charge in [-0.1, -0.05) is 12.1 Å². The maximum absolute atomic E-state index is 12.5. The summed E-state index contributed by atoms with van der Waals surface area (Å²) in [5.41, 5.74) is 11.6. The molecule has 29 heavy (non-hydrogen) atoms. The predicted octanol–water partition coefficient (Wildman–Crippen LogP) is -0.867. The molecule has 1 aromatic carbocycles. The number of carbonyl (C=O) groups is 1. The van der Waals surface area contributed by atoms with Crippen LogP contribution in [0.15, 0.2) is 41.5 Å². The lowest BCUT2D eigenvalue weighted by atomic mass is 10.1. The van der Waals surface area contributed by atoms with Crippen LogP contribution < -0.4 is 11.5 Å². The first kappa shape index (κ1) is 21.2. The van der Waals surface area contributed by atoms with Crippen molar-refractivity contribution in [3.63, 3.8) is 0 Å². The molecule has 0 saturated carbocycles. The standard InChI is InChI=1S/C16H21N4O8P/c17-10-4-2-1-3-9(10)16(22)28-14-11(7-26-29(23,24)25)27-15(13(14)21)20-6-5-12(18)19-8-20/h1-6,11,13-15,21H,7-8,17H2,(H2,18,19)(H2,23,24,25)/t11-,13-,14-,15-/m1/s1. The summed E-state index contributed by atoms with van der Waals surface area (Å²) in [5, 5.41) is 10.7. The monoisotopic (exact) mass is 428 g/mol. The summed E-state index contributed by atoms with van der Waals surface area (Å²) in [7, 11) is -4.81. The minimum atomic E-state index is -4.81. The molecular weight excluding hydrogens is 407 g/mol. The van der Waals surface area contributed by atoms with Crippen molar-refractivity contribution in [2.45, 2.75) is 24.5 Å². The summed E-state index contributed by atoms with van der Waals surface area (Å²) in [6.07, 6.45) is -1.79. The van der Waals surface area contributed by atoms with E-state index in [9.17, 15) is 14.5 Å². The van der Waals surface area contributed by atoms with Gasteiger partial charge in [0.05, 0.1) is 12.2 Å². The van der Waals surface area contributed by atoms with E-state index >= 15 is 0 Å². The molecule has 13 heteroatoms. The van der Waals surface area contributed by atoms with E-state index in [-0.39, 0.29) is 23.8 Å². The van der Waals surface area contributed by atoms with E-state index in [0.717, 1.165) is 0 Å². The number of esters is 1. The predicted molar refractivity (Wildman–Crippen MR) is 100 cm³/mol. The molecule has 0 unspecified atom stereocenters. The second kappa shape index (κ2) is 8.49.